The van der Waals surface area contributed by atoms with E-state index in [0.29, 0.717) is 11.8 Å². The third-order valence-electron chi connectivity index (χ3n) is 3.18. The highest BCUT2D eigenvalue weighted by Crippen LogP contribution is 2.33. The molecule has 0 aliphatic rings. The average Bonchev–Trinajstić information content (AvgIpc) is 2.79. The van der Waals surface area contributed by atoms with Gasteiger partial charge >= 0.3 is 0 Å². The third-order valence-corrected chi connectivity index (χ3v) is 4.40. The highest BCUT2D eigenvalue weighted by molar-refractivity contribution is 7.12. The van der Waals surface area contributed by atoms with Gasteiger partial charge in [0.15, 0.2) is 0 Å². The van der Waals surface area contributed by atoms with E-state index >= 15 is 0 Å². The summed E-state index contributed by atoms with van der Waals surface area (Å²) in [6.07, 6.45) is 1.61. The predicted octanol–water partition coefficient (Wildman–Crippen LogP) is 2.48. The molecular formula is C14H19N3O2S. The Morgan fingerprint density at radius 2 is 2.00 bits per heavy atom. The van der Waals surface area contributed by atoms with Gasteiger partial charge in [0.25, 0.3) is 0 Å². The molecule has 1 unspecified atom stereocenters. The maximum absolute atomic E-state index is 5.34. The zero-order valence-electron chi connectivity index (χ0n) is 12.4. The van der Waals surface area contributed by atoms with Crippen LogP contribution in [0, 0.1) is 13.8 Å². The molecule has 5 nitrogen and oxygen atoms in total. The Kier molecular flexibility index (Phi) is 4.57. The monoisotopic (exact) mass is 293 g/mol. The van der Waals surface area contributed by atoms with Gasteiger partial charge in [-0.05, 0) is 32.5 Å². The number of hydrogen-bond donors (Lipinski definition) is 1. The van der Waals surface area contributed by atoms with Crippen molar-refractivity contribution in [3.63, 3.8) is 0 Å². The van der Waals surface area contributed by atoms with Crippen LogP contribution in [0.2, 0.25) is 0 Å². The summed E-state index contributed by atoms with van der Waals surface area (Å²) in [4.78, 5) is 11.2. The van der Waals surface area contributed by atoms with Crippen LogP contribution in [0.4, 0.5) is 0 Å². The quantitative estimate of drug-likeness (QED) is 0.918. The summed E-state index contributed by atoms with van der Waals surface area (Å²) in [5.41, 5.74) is 2.04. The molecule has 0 aromatic carbocycles. The van der Waals surface area contributed by atoms with Crippen molar-refractivity contribution in [3.8, 4) is 11.8 Å². The maximum atomic E-state index is 5.34. The predicted molar refractivity (Wildman–Crippen MR) is 79.8 cm³/mol. The molecule has 0 bridgehead atoms. The lowest BCUT2D eigenvalue weighted by atomic mass is 10.1. The Balaban J connectivity index is 2.46. The first-order chi connectivity index (χ1) is 9.60. The van der Waals surface area contributed by atoms with Crippen molar-refractivity contribution >= 4 is 11.3 Å². The number of rotatable bonds is 5. The molecule has 0 spiro atoms. The van der Waals surface area contributed by atoms with E-state index in [4.69, 9.17) is 9.47 Å². The summed E-state index contributed by atoms with van der Waals surface area (Å²) in [6, 6.07) is 2.13. The number of nitrogens with zero attached hydrogens (tertiary/aromatic N) is 2. The first-order valence-electron chi connectivity index (χ1n) is 6.29. The number of methoxy groups -OCH3 is 2. The van der Waals surface area contributed by atoms with Crippen molar-refractivity contribution < 1.29 is 9.47 Å². The number of aryl methyl sites for hydroxylation is 2. The molecule has 0 fully saturated rings. The van der Waals surface area contributed by atoms with Gasteiger partial charge in [-0.3, -0.25) is 0 Å². The van der Waals surface area contributed by atoms with E-state index in [0.717, 1.165) is 5.69 Å². The zero-order chi connectivity index (χ0) is 14.7. The van der Waals surface area contributed by atoms with Gasteiger partial charge in [0, 0.05) is 9.75 Å². The lowest BCUT2D eigenvalue weighted by molar-refractivity contribution is 0.353. The van der Waals surface area contributed by atoms with Crippen molar-refractivity contribution in [2.75, 3.05) is 21.3 Å². The minimum atomic E-state index is -0.0410. The van der Waals surface area contributed by atoms with Gasteiger partial charge in [-0.15, -0.1) is 11.3 Å². The smallest absolute Gasteiger partial charge is 0.240 e. The van der Waals surface area contributed by atoms with Gasteiger partial charge in [0.1, 0.15) is 5.69 Å². The molecule has 0 saturated heterocycles. The second kappa shape index (κ2) is 6.19. The Hall–Kier alpha value is -1.66. The molecule has 20 heavy (non-hydrogen) atoms. The Labute approximate surface area is 123 Å². The highest BCUT2D eigenvalue weighted by Gasteiger charge is 2.22. The molecule has 2 aromatic rings. The number of nitrogens with one attached hydrogen (secondary N) is 1. The van der Waals surface area contributed by atoms with Crippen LogP contribution in [0.1, 0.15) is 27.1 Å². The molecule has 0 amide bonds. The number of thiophene rings is 1. The average molecular weight is 293 g/mol. The number of hydrogen-bond acceptors (Lipinski definition) is 6. The molecule has 2 heterocycles. The first kappa shape index (κ1) is 14.7. The lowest BCUT2D eigenvalue weighted by Gasteiger charge is -2.16. The lowest BCUT2D eigenvalue weighted by Crippen LogP contribution is -2.19. The summed E-state index contributed by atoms with van der Waals surface area (Å²) in [6.45, 7) is 4.23. The van der Waals surface area contributed by atoms with Gasteiger partial charge in [0.2, 0.25) is 11.8 Å². The third kappa shape index (κ3) is 2.76. The van der Waals surface area contributed by atoms with E-state index in [-0.39, 0.29) is 6.04 Å². The molecule has 1 N–H and O–H groups in total. The van der Waals surface area contributed by atoms with E-state index in [1.165, 1.54) is 15.3 Å². The summed E-state index contributed by atoms with van der Waals surface area (Å²) in [5.74, 6) is 0.923. The maximum Gasteiger partial charge on any atom is 0.240 e. The standard InChI is InChI=1S/C14H19N3O2S/c1-8-6-10(20-9(8)2)12(15-3)13-14(19-5)17-11(18-4)7-16-13/h6-7,12,15H,1-5H3. The van der Waals surface area contributed by atoms with Crippen molar-refractivity contribution in [2.24, 2.45) is 0 Å². The molecule has 108 valence electrons. The van der Waals surface area contributed by atoms with Crippen LogP contribution in [0.3, 0.4) is 0 Å². The van der Waals surface area contributed by atoms with Crippen LogP contribution in [0.15, 0.2) is 12.3 Å². The van der Waals surface area contributed by atoms with E-state index in [1.54, 1.807) is 31.8 Å². The molecule has 2 aromatic heterocycles. The van der Waals surface area contributed by atoms with Gasteiger partial charge in [0.05, 0.1) is 26.5 Å². The van der Waals surface area contributed by atoms with Crippen LogP contribution >= 0.6 is 11.3 Å². The fraction of sp³-hybridized carbons (Fsp3) is 0.429. The van der Waals surface area contributed by atoms with Crippen molar-refractivity contribution in [1.29, 1.82) is 0 Å². The second-order valence-electron chi connectivity index (χ2n) is 4.42. The summed E-state index contributed by atoms with van der Waals surface area (Å²) in [7, 11) is 5.05. The molecule has 0 aliphatic heterocycles. The molecule has 1 atom stereocenters. The van der Waals surface area contributed by atoms with Crippen molar-refractivity contribution in [1.82, 2.24) is 15.3 Å². The van der Waals surface area contributed by atoms with E-state index in [1.807, 2.05) is 7.05 Å². The zero-order valence-corrected chi connectivity index (χ0v) is 13.2. The van der Waals surface area contributed by atoms with Gasteiger partial charge < -0.3 is 14.8 Å². The fourth-order valence-corrected chi connectivity index (χ4v) is 3.13. The van der Waals surface area contributed by atoms with Crippen LogP contribution in [0.25, 0.3) is 0 Å². The van der Waals surface area contributed by atoms with E-state index in [2.05, 4.69) is 35.2 Å². The van der Waals surface area contributed by atoms with E-state index < -0.39 is 0 Å². The molecule has 6 heteroatoms. The van der Waals surface area contributed by atoms with Crippen LogP contribution in [-0.2, 0) is 0 Å². The number of aromatic nitrogens is 2. The molecule has 2 rings (SSSR count). The Morgan fingerprint density at radius 1 is 1.25 bits per heavy atom. The Bertz CT molecular complexity index is 579. The van der Waals surface area contributed by atoms with Crippen molar-refractivity contribution in [2.45, 2.75) is 19.9 Å². The largest absolute Gasteiger partial charge is 0.480 e. The summed E-state index contributed by atoms with van der Waals surface area (Å²) in [5, 5.41) is 3.27. The molecule has 0 saturated carbocycles. The fourth-order valence-electron chi connectivity index (χ4n) is 1.97. The Morgan fingerprint density at radius 3 is 2.50 bits per heavy atom. The van der Waals surface area contributed by atoms with Crippen LogP contribution < -0.4 is 14.8 Å². The summed E-state index contributed by atoms with van der Waals surface area (Å²) >= 11 is 1.75. The van der Waals surface area contributed by atoms with Crippen LogP contribution in [0.5, 0.6) is 11.8 Å². The minimum absolute atomic E-state index is 0.0410. The second-order valence-corrected chi connectivity index (χ2v) is 5.70. The van der Waals surface area contributed by atoms with Gasteiger partial charge in [-0.2, -0.15) is 4.98 Å². The SMILES string of the molecule is CNC(c1cc(C)c(C)s1)c1ncc(OC)nc1OC. The highest BCUT2D eigenvalue weighted by atomic mass is 32.1. The van der Waals surface area contributed by atoms with Gasteiger partial charge in [-0.1, -0.05) is 0 Å². The normalized spacial score (nSPS) is 12.2. The topological polar surface area (TPSA) is 56.3 Å². The first-order valence-corrected chi connectivity index (χ1v) is 7.11. The van der Waals surface area contributed by atoms with Crippen LogP contribution in [-0.4, -0.2) is 31.2 Å². The molecule has 0 radical (unpaired) electrons. The van der Waals surface area contributed by atoms with Gasteiger partial charge in [-0.25, -0.2) is 4.98 Å². The van der Waals surface area contributed by atoms with Crippen molar-refractivity contribution in [3.05, 3.63) is 33.3 Å². The summed E-state index contributed by atoms with van der Waals surface area (Å²) < 4.78 is 10.4. The molecular weight excluding hydrogens is 274 g/mol. The minimum Gasteiger partial charge on any atom is -0.480 e. The van der Waals surface area contributed by atoms with E-state index in [9.17, 15) is 0 Å². The number of ether oxygens (including phenoxy) is 2. The molecule has 0 aliphatic carbocycles.